The lowest BCUT2D eigenvalue weighted by Gasteiger charge is -2.20. The summed E-state index contributed by atoms with van der Waals surface area (Å²) in [6.45, 7) is 4.97. The van der Waals surface area contributed by atoms with Crippen LogP contribution in [0.15, 0.2) is 30.3 Å². The molecule has 86 valence electrons. The predicted molar refractivity (Wildman–Crippen MR) is 65.3 cm³/mol. The molecule has 1 aliphatic rings. The van der Waals surface area contributed by atoms with E-state index in [1.807, 2.05) is 17.9 Å². The molecule has 0 aromatic heterocycles. The summed E-state index contributed by atoms with van der Waals surface area (Å²) < 4.78 is 0. The van der Waals surface area contributed by atoms with E-state index in [4.69, 9.17) is 0 Å². The van der Waals surface area contributed by atoms with Crippen LogP contribution in [0.4, 0.5) is 0 Å². The van der Waals surface area contributed by atoms with Crippen molar-refractivity contribution in [2.75, 3.05) is 6.54 Å². The predicted octanol–water partition coefficient (Wildman–Crippen LogP) is 2.80. The van der Waals surface area contributed by atoms with E-state index in [0.29, 0.717) is 18.4 Å². The molecule has 1 amide bonds. The van der Waals surface area contributed by atoms with Crippen molar-refractivity contribution in [2.45, 2.75) is 38.6 Å². The minimum Gasteiger partial charge on any atom is -0.339 e. The van der Waals surface area contributed by atoms with Crippen LogP contribution in [0, 0.1) is 0 Å². The van der Waals surface area contributed by atoms with E-state index >= 15 is 0 Å². The standard InChI is InChI=1S/C14H19NO/c1-3-14(16)15-10-13(9-11(15)2)12-7-5-4-6-8-12/h4-8,11,13H,3,9-10H2,1-2H3. The quantitative estimate of drug-likeness (QED) is 0.746. The van der Waals surface area contributed by atoms with E-state index in [-0.39, 0.29) is 5.91 Å². The van der Waals surface area contributed by atoms with Crippen molar-refractivity contribution in [3.63, 3.8) is 0 Å². The summed E-state index contributed by atoms with van der Waals surface area (Å²) in [6.07, 6.45) is 1.71. The van der Waals surface area contributed by atoms with Crippen molar-refractivity contribution < 1.29 is 4.79 Å². The van der Waals surface area contributed by atoms with Gasteiger partial charge in [0.15, 0.2) is 0 Å². The molecular formula is C14H19NO. The lowest BCUT2D eigenvalue weighted by atomic mass is 9.97. The Labute approximate surface area is 97.3 Å². The average molecular weight is 217 g/mol. The Kier molecular flexibility index (Phi) is 3.28. The van der Waals surface area contributed by atoms with Crippen LogP contribution >= 0.6 is 0 Å². The molecule has 2 rings (SSSR count). The first-order chi connectivity index (χ1) is 7.72. The van der Waals surface area contributed by atoms with E-state index < -0.39 is 0 Å². The topological polar surface area (TPSA) is 20.3 Å². The normalized spacial score (nSPS) is 24.8. The molecule has 0 spiro atoms. The maximum absolute atomic E-state index is 11.7. The van der Waals surface area contributed by atoms with E-state index in [9.17, 15) is 4.79 Å². The van der Waals surface area contributed by atoms with Gasteiger partial charge in [-0.05, 0) is 18.9 Å². The molecule has 2 nitrogen and oxygen atoms in total. The third kappa shape index (κ3) is 2.11. The average Bonchev–Trinajstić information content (AvgIpc) is 2.71. The van der Waals surface area contributed by atoms with Crippen LogP contribution in [0.25, 0.3) is 0 Å². The molecule has 1 fully saturated rings. The van der Waals surface area contributed by atoms with Crippen molar-refractivity contribution in [1.82, 2.24) is 4.90 Å². The SMILES string of the molecule is CCC(=O)N1CC(c2ccccc2)CC1C. The monoisotopic (exact) mass is 217 g/mol. The van der Waals surface area contributed by atoms with Crippen molar-refractivity contribution in [3.05, 3.63) is 35.9 Å². The fraction of sp³-hybridized carbons (Fsp3) is 0.500. The molecule has 0 N–H and O–H groups in total. The summed E-state index contributed by atoms with van der Waals surface area (Å²) in [5.74, 6) is 0.803. The number of amides is 1. The Morgan fingerprint density at radius 1 is 1.38 bits per heavy atom. The first-order valence-electron chi connectivity index (χ1n) is 6.06. The highest BCUT2D eigenvalue weighted by Crippen LogP contribution is 2.31. The van der Waals surface area contributed by atoms with Gasteiger partial charge in [0, 0.05) is 24.9 Å². The number of benzene rings is 1. The number of rotatable bonds is 2. The molecule has 0 saturated carbocycles. The third-order valence-electron chi connectivity index (χ3n) is 3.47. The van der Waals surface area contributed by atoms with Crippen LogP contribution in [0.5, 0.6) is 0 Å². The largest absolute Gasteiger partial charge is 0.339 e. The summed E-state index contributed by atoms with van der Waals surface area (Å²) in [7, 11) is 0. The summed E-state index contributed by atoms with van der Waals surface area (Å²) in [4.78, 5) is 13.8. The van der Waals surface area contributed by atoms with Gasteiger partial charge in [0.05, 0.1) is 0 Å². The van der Waals surface area contributed by atoms with Crippen molar-refractivity contribution >= 4 is 5.91 Å². The molecular weight excluding hydrogens is 198 g/mol. The van der Waals surface area contributed by atoms with Gasteiger partial charge in [0.25, 0.3) is 0 Å². The number of carbonyl (C=O) groups excluding carboxylic acids is 1. The van der Waals surface area contributed by atoms with Crippen LogP contribution in [0.3, 0.4) is 0 Å². The molecule has 1 saturated heterocycles. The van der Waals surface area contributed by atoms with Crippen molar-refractivity contribution in [1.29, 1.82) is 0 Å². The number of hydrogen-bond donors (Lipinski definition) is 0. The van der Waals surface area contributed by atoms with Gasteiger partial charge in [0.2, 0.25) is 5.91 Å². The zero-order chi connectivity index (χ0) is 11.5. The lowest BCUT2D eigenvalue weighted by molar-refractivity contribution is -0.131. The Morgan fingerprint density at radius 2 is 2.06 bits per heavy atom. The molecule has 1 heterocycles. The summed E-state index contributed by atoms with van der Waals surface area (Å²) in [5.41, 5.74) is 1.36. The van der Waals surface area contributed by atoms with Gasteiger partial charge in [-0.25, -0.2) is 0 Å². The Bertz CT molecular complexity index is 360. The van der Waals surface area contributed by atoms with E-state index in [0.717, 1.165) is 13.0 Å². The minimum atomic E-state index is 0.283. The molecule has 2 unspecified atom stereocenters. The number of likely N-dealkylation sites (tertiary alicyclic amines) is 1. The molecule has 2 heteroatoms. The molecule has 0 bridgehead atoms. The fourth-order valence-corrected chi connectivity index (χ4v) is 2.55. The maximum Gasteiger partial charge on any atom is 0.222 e. The molecule has 0 aliphatic carbocycles. The van der Waals surface area contributed by atoms with Crippen LogP contribution in [-0.4, -0.2) is 23.4 Å². The molecule has 1 aromatic carbocycles. The first kappa shape index (κ1) is 11.2. The van der Waals surface area contributed by atoms with Gasteiger partial charge in [-0.1, -0.05) is 37.3 Å². The summed E-state index contributed by atoms with van der Waals surface area (Å²) in [5, 5.41) is 0. The smallest absolute Gasteiger partial charge is 0.222 e. The fourth-order valence-electron chi connectivity index (χ4n) is 2.55. The van der Waals surface area contributed by atoms with E-state index in [2.05, 4.69) is 31.2 Å². The second-order valence-electron chi connectivity index (χ2n) is 4.59. The molecule has 1 aromatic rings. The lowest BCUT2D eigenvalue weighted by Crippen LogP contribution is -2.33. The summed E-state index contributed by atoms with van der Waals surface area (Å²) >= 11 is 0. The third-order valence-corrected chi connectivity index (χ3v) is 3.47. The van der Waals surface area contributed by atoms with Gasteiger partial charge < -0.3 is 4.90 Å². The zero-order valence-electron chi connectivity index (χ0n) is 10.0. The molecule has 1 aliphatic heterocycles. The number of carbonyl (C=O) groups is 1. The van der Waals surface area contributed by atoms with Crippen LogP contribution < -0.4 is 0 Å². The first-order valence-corrected chi connectivity index (χ1v) is 6.06. The van der Waals surface area contributed by atoms with E-state index in [1.165, 1.54) is 5.56 Å². The van der Waals surface area contributed by atoms with Gasteiger partial charge in [-0.2, -0.15) is 0 Å². The van der Waals surface area contributed by atoms with Crippen LogP contribution in [0.2, 0.25) is 0 Å². The maximum atomic E-state index is 11.7. The highest BCUT2D eigenvalue weighted by Gasteiger charge is 2.32. The number of hydrogen-bond acceptors (Lipinski definition) is 1. The minimum absolute atomic E-state index is 0.283. The van der Waals surface area contributed by atoms with Gasteiger partial charge in [0.1, 0.15) is 0 Å². The molecule has 2 atom stereocenters. The number of nitrogens with zero attached hydrogens (tertiary/aromatic N) is 1. The van der Waals surface area contributed by atoms with Crippen molar-refractivity contribution in [2.24, 2.45) is 0 Å². The van der Waals surface area contributed by atoms with Crippen LogP contribution in [-0.2, 0) is 4.79 Å². The highest BCUT2D eigenvalue weighted by molar-refractivity contribution is 5.76. The van der Waals surface area contributed by atoms with Crippen molar-refractivity contribution in [3.8, 4) is 0 Å². The summed E-state index contributed by atoms with van der Waals surface area (Å²) in [6, 6.07) is 10.9. The van der Waals surface area contributed by atoms with E-state index in [1.54, 1.807) is 0 Å². The Morgan fingerprint density at radius 3 is 2.69 bits per heavy atom. The molecule has 16 heavy (non-hydrogen) atoms. The zero-order valence-corrected chi connectivity index (χ0v) is 10.0. The second-order valence-corrected chi connectivity index (χ2v) is 4.59. The molecule has 0 radical (unpaired) electrons. The van der Waals surface area contributed by atoms with Gasteiger partial charge >= 0.3 is 0 Å². The van der Waals surface area contributed by atoms with Crippen LogP contribution in [0.1, 0.15) is 38.2 Å². The van der Waals surface area contributed by atoms with Gasteiger partial charge in [-0.15, -0.1) is 0 Å². The Hall–Kier alpha value is -1.31. The highest BCUT2D eigenvalue weighted by atomic mass is 16.2. The van der Waals surface area contributed by atoms with Gasteiger partial charge in [-0.3, -0.25) is 4.79 Å². The second kappa shape index (κ2) is 4.69. The Balaban J connectivity index is 2.10.